The Balaban J connectivity index is 1.79. The molecule has 5 heteroatoms. The molecular formula is C14H14BrN3O. The van der Waals surface area contributed by atoms with E-state index in [2.05, 4.69) is 38.5 Å². The molecule has 0 bridgehead atoms. The lowest BCUT2D eigenvalue weighted by Crippen LogP contribution is -2.34. The van der Waals surface area contributed by atoms with E-state index < -0.39 is 0 Å². The summed E-state index contributed by atoms with van der Waals surface area (Å²) >= 11 is 3.42. The van der Waals surface area contributed by atoms with Crippen molar-refractivity contribution in [3.05, 3.63) is 52.3 Å². The van der Waals surface area contributed by atoms with Crippen LogP contribution in [0.3, 0.4) is 0 Å². The summed E-state index contributed by atoms with van der Waals surface area (Å²) in [5, 5.41) is 7.15. The number of halogens is 1. The Morgan fingerprint density at radius 3 is 2.58 bits per heavy atom. The molecule has 0 unspecified atom stereocenters. The fourth-order valence-electron chi connectivity index (χ4n) is 2.21. The lowest BCUT2D eigenvalue weighted by atomic mass is 10.0. The summed E-state index contributed by atoms with van der Waals surface area (Å²) < 4.78 is 2.68. The number of benzene rings is 1. The van der Waals surface area contributed by atoms with Gasteiger partial charge in [0.1, 0.15) is 0 Å². The van der Waals surface area contributed by atoms with Crippen LogP contribution >= 0.6 is 15.9 Å². The summed E-state index contributed by atoms with van der Waals surface area (Å²) in [7, 11) is 1.80. The van der Waals surface area contributed by atoms with Crippen LogP contribution in [0.15, 0.2) is 41.1 Å². The second kappa shape index (κ2) is 4.49. The van der Waals surface area contributed by atoms with Crippen molar-refractivity contribution in [3.8, 4) is 0 Å². The molecule has 0 spiro atoms. The summed E-state index contributed by atoms with van der Waals surface area (Å²) in [5.74, 6) is -0.0616. The number of carbonyl (C=O) groups excluding carboxylic acids is 1. The van der Waals surface area contributed by atoms with Crippen molar-refractivity contribution in [2.75, 3.05) is 0 Å². The smallest absolute Gasteiger partial charge is 0.255 e. The molecule has 0 radical (unpaired) electrons. The standard InChI is InChI=1S/C14H14BrN3O/c1-18-9-10(8-16-18)13(19)17-14(6-7-14)11-2-4-12(15)5-3-11/h2-5,8-9H,6-7H2,1H3,(H,17,19). The second-order valence-corrected chi connectivity index (χ2v) is 5.86. The molecular weight excluding hydrogens is 306 g/mol. The highest BCUT2D eigenvalue weighted by molar-refractivity contribution is 9.10. The molecule has 0 saturated heterocycles. The molecule has 98 valence electrons. The Kier molecular flexibility index (Phi) is 2.93. The predicted octanol–water partition coefficient (Wildman–Crippen LogP) is 2.60. The van der Waals surface area contributed by atoms with E-state index >= 15 is 0 Å². The van der Waals surface area contributed by atoms with E-state index in [4.69, 9.17) is 0 Å². The van der Waals surface area contributed by atoms with Gasteiger partial charge in [0.2, 0.25) is 0 Å². The van der Waals surface area contributed by atoms with Gasteiger partial charge in [0, 0.05) is 17.7 Å². The van der Waals surface area contributed by atoms with E-state index in [1.165, 1.54) is 0 Å². The Labute approximate surface area is 119 Å². The van der Waals surface area contributed by atoms with Crippen molar-refractivity contribution < 1.29 is 4.79 Å². The van der Waals surface area contributed by atoms with Crippen LogP contribution in [0.5, 0.6) is 0 Å². The molecule has 1 aliphatic carbocycles. The minimum Gasteiger partial charge on any atom is -0.342 e. The highest BCUT2D eigenvalue weighted by atomic mass is 79.9. The monoisotopic (exact) mass is 319 g/mol. The van der Waals surface area contributed by atoms with Gasteiger partial charge in [0.15, 0.2) is 0 Å². The van der Waals surface area contributed by atoms with Crippen LogP contribution in [-0.4, -0.2) is 15.7 Å². The van der Waals surface area contributed by atoms with Gasteiger partial charge in [0.05, 0.1) is 17.3 Å². The molecule has 0 atom stereocenters. The SMILES string of the molecule is Cn1cc(C(=O)NC2(c3ccc(Br)cc3)CC2)cn1. The maximum absolute atomic E-state index is 12.2. The number of nitrogens with one attached hydrogen (secondary N) is 1. The molecule has 1 N–H and O–H groups in total. The third-order valence-corrected chi connectivity index (χ3v) is 4.00. The fourth-order valence-corrected chi connectivity index (χ4v) is 2.47. The lowest BCUT2D eigenvalue weighted by molar-refractivity contribution is 0.0930. The Morgan fingerprint density at radius 1 is 1.37 bits per heavy atom. The zero-order valence-electron chi connectivity index (χ0n) is 10.6. The average Bonchev–Trinajstić information content (AvgIpc) is 3.03. The zero-order valence-corrected chi connectivity index (χ0v) is 12.1. The molecule has 19 heavy (non-hydrogen) atoms. The van der Waals surface area contributed by atoms with Gasteiger partial charge in [-0.1, -0.05) is 28.1 Å². The van der Waals surface area contributed by atoms with Gasteiger partial charge in [-0.15, -0.1) is 0 Å². The largest absolute Gasteiger partial charge is 0.342 e. The van der Waals surface area contributed by atoms with E-state index in [1.54, 1.807) is 24.1 Å². The van der Waals surface area contributed by atoms with Gasteiger partial charge in [-0.05, 0) is 30.5 Å². The summed E-state index contributed by atoms with van der Waals surface area (Å²) in [4.78, 5) is 12.2. The van der Waals surface area contributed by atoms with Crippen LogP contribution in [-0.2, 0) is 12.6 Å². The molecule has 1 heterocycles. The minimum atomic E-state index is -0.187. The highest BCUT2D eigenvalue weighted by Gasteiger charge is 2.45. The third kappa shape index (κ3) is 2.42. The molecule has 4 nitrogen and oxygen atoms in total. The average molecular weight is 320 g/mol. The van der Waals surface area contributed by atoms with Crippen LogP contribution in [0.2, 0.25) is 0 Å². The maximum atomic E-state index is 12.2. The Morgan fingerprint density at radius 2 is 2.05 bits per heavy atom. The molecule has 1 saturated carbocycles. The molecule has 1 aromatic carbocycles. The molecule has 1 aromatic heterocycles. The second-order valence-electron chi connectivity index (χ2n) is 4.95. The summed E-state index contributed by atoms with van der Waals surface area (Å²) in [6.07, 6.45) is 5.29. The first-order chi connectivity index (χ1) is 9.09. The summed E-state index contributed by atoms with van der Waals surface area (Å²) in [6.45, 7) is 0. The number of rotatable bonds is 3. The number of aromatic nitrogens is 2. The number of nitrogens with zero attached hydrogens (tertiary/aromatic N) is 2. The van der Waals surface area contributed by atoms with Gasteiger partial charge < -0.3 is 5.32 Å². The van der Waals surface area contributed by atoms with Crippen LogP contribution in [0, 0.1) is 0 Å². The number of hydrogen-bond donors (Lipinski definition) is 1. The number of amides is 1. The molecule has 1 aliphatic rings. The maximum Gasteiger partial charge on any atom is 0.255 e. The summed E-state index contributed by atoms with van der Waals surface area (Å²) in [5.41, 5.74) is 1.58. The van der Waals surface area contributed by atoms with Crippen LogP contribution in [0.25, 0.3) is 0 Å². The highest BCUT2D eigenvalue weighted by Crippen LogP contribution is 2.45. The van der Waals surface area contributed by atoms with Crippen molar-refractivity contribution in [3.63, 3.8) is 0 Å². The first-order valence-corrected chi connectivity index (χ1v) is 6.96. The first kappa shape index (κ1) is 12.4. The first-order valence-electron chi connectivity index (χ1n) is 6.16. The van der Waals surface area contributed by atoms with Crippen LogP contribution in [0.1, 0.15) is 28.8 Å². The number of carbonyl (C=O) groups is 1. The summed E-state index contributed by atoms with van der Waals surface area (Å²) in [6, 6.07) is 8.12. The molecule has 1 amide bonds. The van der Waals surface area contributed by atoms with Crippen molar-refractivity contribution in [2.45, 2.75) is 18.4 Å². The molecule has 2 aromatic rings. The number of aryl methyl sites for hydroxylation is 1. The van der Waals surface area contributed by atoms with Gasteiger partial charge in [-0.3, -0.25) is 9.48 Å². The third-order valence-electron chi connectivity index (χ3n) is 3.47. The van der Waals surface area contributed by atoms with E-state index in [9.17, 15) is 4.79 Å². The Bertz CT molecular complexity index is 614. The lowest BCUT2D eigenvalue weighted by Gasteiger charge is -2.17. The minimum absolute atomic E-state index is 0.0616. The fraction of sp³-hybridized carbons (Fsp3) is 0.286. The van der Waals surface area contributed by atoms with Gasteiger partial charge in [-0.25, -0.2) is 0 Å². The van der Waals surface area contributed by atoms with Crippen LogP contribution in [0.4, 0.5) is 0 Å². The van der Waals surface area contributed by atoms with E-state index in [-0.39, 0.29) is 11.4 Å². The molecule has 3 rings (SSSR count). The van der Waals surface area contributed by atoms with Crippen molar-refractivity contribution in [2.24, 2.45) is 7.05 Å². The van der Waals surface area contributed by atoms with Gasteiger partial charge in [0.25, 0.3) is 5.91 Å². The molecule has 1 fully saturated rings. The predicted molar refractivity (Wildman–Crippen MR) is 75.7 cm³/mol. The van der Waals surface area contributed by atoms with Crippen molar-refractivity contribution in [1.82, 2.24) is 15.1 Å². The normalized spacial score (nSPS) is 16.1. The Hall–Kier alpha value is -1.62. The topological polar surface area (TPSA) is 46.9 Å². The zero-order chi connectivity index (χ0) is 13.5. The van der Waals surface area contributed by atoms with Crippen molar-refractivity contribution >= 4 is 21.8 Å². The van der Waals surface area contributed by atoms with Crippen LogP contribution < -0.4 is 5.32 Å². The quantitative estimate of drug-likeness (QED) is 0.945. The van der Waals surface area contributed by atoms with E-state index in [1.807, 2.05) is 12.1 Å². The van der Waals surface area contributed by atoms with Gasteiger partial charge >= 0.3 is 0 Å². The van der Waals surface area contributed by atoms with E-state index in [0.717, 1.165) is 22.9 Å². The number of hydrogen-bond acceptors (Lipinski definition) is 2. The van der Waals surface area contributed by atoms with Gasteiger partial charge in [-0.2, -0.15) is 5.10 Å². The molecule has 0 aliphatic heterocycles. The van der Waals surface area contributed by atoms with Crippen molar-refractivity contribution in [1.29, 1.82) is 0 Å². The van der Waals surface area contributed by atoms with E-state index in [0.29, 0.717) is 5.56 Å².